The molecule has 4 aliphatic carbocycles. The van der Waals surface area contributed by atoms with Crippen molar-refractivity contribution >= 4 is 23.5 Å². The van der Waals surface area contributed by atoms with Crippen LogP contribution >= 0.6 is 11.6 Å². The average Bonchev–Trinajstić information content (AvgIpc) is 3.06. The first-order valence-electron chi connectivity index (χ1n) is 19.8. The number of amides is 1. The summed E-state index contributed by atoms with van der Waals surface area (Å²) in [6.07, 6.45) is 25.8. The fraction of sp³-hybridized carbons (Fsp3) is 0.674. The normalized spacial score (nSPS) is 23.8. The van der Waals surface area contributed by atoms with E-state index in [1.54, 1.807) is 0 Å². The monoisotopic (exact) mass is 691 g/mol. The van der Waals surface area contributed by atoms with Crippen LogP contribution in [0.25, 0.3) is 0 Å². The Kier molecular flexibility index (Phi) is 14.3. The predicted molar refractivity (Wildman–Crippen MR) is 201 cm³/mol. The van der Waals surface area contributed by atoms with Gasteiger partial charge in [0.25, 0.3) is 0 Å². The molecule has 4 bridgehead atoms. The van der Waals surface area contributed by atoms with Crippen molar-refractivity contribution in [2.45, 2.75) is 154 Å². The number of nitrogens with one attached hydrogen (secondary N) is 1. The van der Waals surface area contributed by atoms with Crippen molar-refractivity contribution in [1.29, 1.82) is 0 Å². The maximum Gasteiger partial charge on any atom is 0.308 e. The van der Waals surface area contributed by atoms with Crippen molar-refractivity contribution in [1.82, 2.24) is 5.32 Å². The summed E-state index contributed by atoms with van der Waals surface area (Å²) in [6.45, 7) is 4.87. The lowest BCUT2D eigenvalue weighted by atomic mass is 9.42. The molecule has 0 radical (unpaired) electrons. The van der Waals surface area contributed by atoms with Gasteiger partial charge < -0.3 is 14.8 Å². The second-order valence-corrected chi connectivity index (χ2v) is 16.3. The van der Waals surface area contributed by atoms with Crippen LogP contribution in [0.1, 0.15) is 153 Å². The van der Waals surface area contributed by atoms with E-state index >= 15 is 0 Å². The first-order valence-corrected chi connectivity index (χ1v) is 20.2. The van der Waals surface area contributed by atoms with Gasteiger partial charge in [-0.2, -0.15) is 0 Å². The molecule has 2 aromatic rings. The zero-order valence-corrected chi connectivity index (χ0v) is 31.2. The van der Waals surface area contributed by atoms with Crippen LogP contribution in [0.5, 0.6) is 11.5 Å². The number of hydrogen-bond donors (Lipinski definition) is 1. The molecular formula is C43H62ClNO4. The summed E-state index contributed by atoms with van der Waals surface area (Å²) >= 11 is 6.22. The Hall–Kier alpha value is -2.53. The Bertz CT molecular complexity index is 1330. The van der Waals surface area contributed by atoms with Gasteiger partial charge in [0.2, 0.25) is 5.91 Å². The summed E-state index contributed by atoms with van der Waals surface area (Å²) in [6, 6.07) is 14.2. The van der Waals surface area contributed by atoms with Crippen LogP contribution in [0.15, 0.2) is 42.5 Å². The van der Waals surface area contributed by atoms with Gasteiger partial charge in [-0.05, 0) is 104 Å². The molecule has 270 valence electrons. The van der Waals surface area contributed by atoms with Crippen molar-refractivity contribution in [3.05, 3.63) is 58.6 Å². The lowest BCUT2D eigenvalue weighted by Crippen LogP contribution is -2.59. The van der Waals surface area contributed by atoms with E-state index in [2.05, 4.69) is 24.4 Å². The van der Waals surface area contributed by atoms with Crippen LogP contribution in [-0.2, 0) is 21.4 Å². The van der Waals surface area contributed by atoms with Gasteiger partial charge in [0.1, 0.15) is 0 Å². The lowest BCUT2D eigenvalue weighted by Gasteiger charge is -2.61. The summed E-state index contributed by atoms with van der Waals surface area (Å²) in [4.78, 5) is 25.8. The number of carbonyl (C=O) groups is 2. The van der Waals surface area contributed by atoms with Gasteiger partial charge in [0, 0.05) is 18.5 Å². The molecule has 1 amide bonds. The molecule has 2 atom stereocenters. The number of esters is 1. The smallest absolute Gasteiger partial charge is 0.308 e. The third-order valence-electron chi connectivity index (χ3n) is 11.7. The van der Waals surface area contributed by atoms with E-state index in [-0.39, 0.29) is 22.7 Å². The Morgan fingerprint density at radius 2 is 1.37 bits per heavy atom. The Morgan fingerprint density at radius 1 is 0.776 bits per heavy atom. The fourth-order valence-corrected chi connectivity index (χ4v) is 9.84. The highest BCUT2D eigenvalue weighted by atomic mass is 35.5. The molecule has 0 spiro atoms. The minimum absolute atomic E-state index is 0.0907. The summed E-state index contributed by atoms with van der Waals surface area (Å²) in [5, 5.41) is 4.09. The molecule has 5 nitrogen and oxygen atoms in total. The zero-order valence-electron chi connectivity index (χ0n) is 30.5. The van der Waals surface area contributed by atoms with Crippen molar-refractivity contribution in [3.8, 4) is 11.5 Å². The molecule has 0 aliphatic heterocycles. The highest BCUT2D eigenvalue weighted by Crippen LogP contribution is 2.65. The molecule has 4 saturated carbocycles. The SMILES string of the molecule is CCCCCCCCCCCCCCCCOc1ccc(CCNC(=O)C23CC4CC(C2)CC(c2ccc(Cl)cc2)(C4)C3)cc1OC(C)=O. The van der Waals surface area contributed by atoms with Crippen LogP contribution in [0.4, 0.5) is 0 Å². The molecule has 0 heterocycles. The zero-order chi connectivity index (χ0) is 34.5. The quantitative estimate of drug-likeness (QED) is 0.0758. The summed E-state index contributed by atoms with van der Waals surface area (Å²) in [5.74, 6) is 2.17. The maximum absolute atomic E-state index is 13.9. The van der Waals surface area contributed by atoms with Crippen LogP contribution in [0, 0.1) is 17.3 Å². The molecule has 6 heteroatoms. The van der Waals surface area contributed by atoms with Crippen molar-refractivity contribution < 1.29 is 19.1 Å². The maximum atomic E-state index is 13.9. The molecule has 1 N–H and O–H groups in total. The number of halogens is 1. The van der Waals surface area contributed by atoms with Crippen molar-refractivity contribution in [3.63, 3.8) is 0 Å². The van der Waals surface area contributed by atoms with Crippen LogP contribution < -0.4 is 14.8 Å². The van der Waals surface area contributed by atoms with E-state index < -0.39 is 0 Å². The summed E-state index contributed by atoms with van der Waals surface area (Å²) < 4.78 is 11.6. The van der Waals surface area contributed by atoms with Gasteiger partial charge in [-0.15, -0.1) is 0 Å². The average molecular weight is 692 g/mol. The predicted octanol–water partition coefficient (Wildman–Crippen LogP) is 11.3. The lowest BCUT2D eigenvalue weighted by molar-refractivity contribution is -0.149. The van der Waals surface area contributed by atoms with Gasteiger partial charge in [-0.1, -0.05) is 120 Å². The van der Waals surface area contributed by atoms with Crippen LogP contribution in [-0.4, -0.2) is 25.0 Å². The number of benzene rings is 2. The molecule has 0 saturated heterocycles. The Labute approximate surface area is 301 Å². The number of ether oxygens (including phenoxy) is 2. The minimum Gasteiger partial charge on any atom is -0.490 e. The van der Waals surface area contributed by atoms with Gasteiger partial charge in [0.15, 0.2) is 11.5 Å². The first kappa shape index (κ1) is 37.7. The van der Waals surface area contributed by atoms with Gasteiger partial charge >= 0.3 is 5.97 Å². The largest absolute Gasteiger partial charge is 0.490 e. The highest BCUT2D eigenvalue weighted by Gasteiger charge is 2.60. The van der Waals surface area contributed by atoms with Gasteiger partial charge in [-0.3, -0.25) is 9.59 Å². The molecular weight excluding hydrogens is 630 g/mol. The van der Waals surface area contributed by atoms with E-state index in [1.165, 1.54) is 109 Å². The third-order valence-corrected chi connectivity index (χ3v) is 12.0. The Balaban J connectivity index is 1.02. The summed E-state index contributed by atoms with van der Waals surface area (Å²) in [7, 11) is 0. The minimum atomic E-state index is -0.358. The Morgan fingerprint density at radius 3 is 1.96 bits per heavy atom. The van der Waals surface area contributed by atoms with E-state index in [9.17, 15) is 9.59 Å². The molecule has 4 aliphatic rings. The number of rotatable bonds is 22. The highest BCUT2D eigenvalue weighted by molar-refractivity contribution is 6.30. The molecule has 0 aromatic heterocycles. The van der Waals surface area contributed by atoms with E-state index in [1.807, 2.05) is 30.3 Å². The molecule has 2 aromatic carbocycles. The van der Waals surface area contributed by atoms with Crippen molar-refractivity contribution in [2.75, 3.05) is 13.2 Å². The fourth-order valence-electron chi connectivity index (χ4n) is 9.72. The first-order chi connectivity index (χ1) is 23.8. The van der Waals surface area contributed by atoms with Crippen LogP contribution in [0.3, 0.4) is 0 Å². The van der Waals surface area contributed by atoms with Crippen LogP contribution in [0.2, 0.25) is 5.02 Å². The molecule has 4 fully saturated rings. The second-order valence-electron chi connectivity index (χ2n) is 15.9. The standard InChI is InChI=1S/C43H62ClNO4/c1-3-4-5-6-7-8-9-10-11-12-13-14-15-16-25-48-39-22-17-34(27-40(39)49-33(2)46)23-24-45-41(47)43-30-35-26-36(31-43)29-42(28-35,32-43)37-18-20-38(44)21-19-37/h17-22,27,35-36H,3-16,23-26,28-32H2,1-2H3,(H,45,47). The second kappa shape index (κ2) is 18.6. The van der Waals surface area contributed by atoms with Gasteiger partial charge in [-0.25, -0.2) is 0 Å². The topological polar surface area (TPSA) is 64.6 Å². The number of carbonyl (C=O) groups excluding carboxylic acids is 2. The van der Waals surface area contributed by atoms with Gasteiger partial charge in [0.05, 0.1) is 12.0 Å². The van der Waals surface area contributed by atoms with E-state index in [0.29, 0.717) is 42.9 Å². The molecule has 2 unspecified atom stereocenters. The van der Waals surface area contributed by atoms with Crippen molar-refractivity contribution in [2.24, 2.45) is 17.3 Å². The van der Waals surface area contributed by atoms with E-state index in [0.717, 1.165) is 42.7 Å². The summed E-state index contributed by atoms with van der Waals surface area (Å²) in [5.41, 5.74) is 2.18. The van der Waals surface area contributed by atoms with E-state index in [4.69, 9.17) is 21.1 Å². The molecule has 6 rings (SSSR count). The third kappa shape index (κ3) is 10.7. The number of hydrogen-bond acceptors (Lipinski definition) is 4. The molecule has 49 heavy (non-hydrogen) atoms. The number of unbranched alkanes of at least 4 members (excludes halogenated alkanes) is 13.